The molecule has 1 saturated heterocycles. The quantitative estimate of drug-likeness (QED) is 0.103. The summed E-state index contributed by atoms with van der Waals surface area (Å²) in [7, 11) is 6.28. The summed E-state index contributed by atoms with van der Waals surface area (Å²) in [5.74, 6) is -1.66. The van der Waals surface area contributed by atoms with Gasteiger partial charge in [-0.25, -0.2) is 33.4 Å². The normalized spacial score (nSPS) is 19.5. The lowest BCUT2D eigenvalue weighted by Crippen LogP contribution is -2.49. The minimum absolute atomic E-state index is 0.0126. The largest absolute Gasteiger partial charge is 0.508 e. The summed E-state index contributed by atoms with van der Waals surface area (Å²) in [6.07, 6.45) is 1.75. The highest BCUT2D eigenvalue weighted by Crippen LogP contribution is 2.62. The molecule has 0 spiro atoms. The third-order valence-corrected chi connectivity index (χ3v) is 16.1. The lowest BCUT2D eigenvalue weighted by atomic mass is 9.56. The second-order valence-corrected chi connectivity index (χ2v) is 19.9. The van der Waals surface area contributed by atoms with Gasteiger partial charge in [0.2, 0.25) is 11.8 Å². The van der Waals surface area contributed by atoms with Gasteiger partial charge in [-0.1, -0.05) is 54.1 Å². The number of methoxy groups -OCH3 is 2. The number of benzene rings is 4. The van der Waals surface area contributed by atoms with Crippen molar-refractivity contribution in [3.05, 3.63) is 155 Å². The highest BCUT2D eigenvalue weighted by atomic mass is 35.5. The smallest absolute Gasteiger partial charge is 0.347 e. The number of phenolic OH excluding ortho intramolecular Hbond substituents is 1. The Morgan fingerprint density at radius 1 is 0.915 bits per heavy atom. The number of rotatable bonds is 11. The predicted molar refractivity (Wildman–Crippen MR) is 268 cm³/mol. The number of hydrogen-bond acceptors (Lipinski definition) is 12. The molecule has 71 heavy (non-hydrogen) atoms. The van der Waals surface area contributed by atoms with Gasteiger partial charge >= 0.3 is 11.4 Å². The van der Waals surface area contributed by atoms with Gasteiger partial charge in [-0.3, -0.25) is 19.1 Å². The molecule has 4 aromatic carbocycles. The molecule has 1 saturated carbocycles. The van der Waals surface area contributed by atoms with Crippen molar-refractivity contribution in [3.8, 4) is 33.6 Å². The van der Waals surface area contributed by atoms with Crippen molar-refractivity contribution in [2.75, 3.05) is 19.1 Å². The number of aromatic nitrogens is 7. The van der Waals surface area contributed by atoms with Crippen molar-refractivity contribution < 1.29 is 28.9 Å². The van der Waals surface area contributed by atoms with Crippen molar-refractivity contribution in [1.29, 1.82) is 0 Å². The zero-order chi connectivity index (χ0) is 49.8. The molecule has 1 aliphatic carbocycles. The summed E-state index contributed by atoms with van der Waals surface area (Å²) >= 11 is 7.90. The molecule has 2 aliphatic heterocycles. The Kier molecular flexibility index (Phi) is 11.0. The minimum atomic E-state index is -1.48. The first kappa shape index (κ1) is 45.7. The molecule has 8 aromatic rings. The zero-order valence-electron chi connectivity index (χ0n) is 39.5. The van der Waals surface area contributed by atoms with Gasteiger partial charge in [-0.2, -0.15) is 5.10 Å². The Bertz CT molecular complexity index is 3770. The Morgan fingerprint density at radius 3 is 2.42 bits per heavy atom. The number of aromatic hydroxyl groups is 1. The van der Waals surface area contributed by atoms with Crippen molar-refractivity contribution >= 4 is 61.7 Å². The topological polar surface area (TPSA) is 187 Å². The molecule has 17 nitrogen and oxygen atoms in total. The summed E-state index contributed by atoms with van der Waals surface area (Å²) in [5.41, 5.74) is 1.34. The maximum Gasteiger partial charge on any atom is 0.347 e. The van der Waals surface area contributed by atoms with Gasteiger partial charge in [-0.15, -0.1) is 11.3 Å². The highest BCUT2D eigenvalue weighted by molar-refractivity contribution is 7.22. The number of fused-ring (bicyclic) bond motifs is 6. The van der Waals surface area contributed by atoms with Crippen LogP contribution in [0.5, 0.6) is 23.0 Å². The van der Waals surface area contributed by atoms with Crippen molar-refractivity contribution in [3.63, 3.8) is 0 Å². The maximum atomic E-state index is 15.4. The summed E-state index contributed by atoms with van der Waals surface area (Å²) in [4.78, 5) is 80.0. The first-order valence-corrected chi connectivity index (χ1v) is 24.2. The first-order valence-electron chi connectivity index (χ1n) is 23.0. The number of anilines is 1. The number of nitrogens with zero attached hydrogens (tertiary/aromatic N) is 8. The van der Waals surface area contributed by atoms with E-state index in [1.807, 2.05) is 61.5 Å². The van der Waals surface area contributed by atoms with Crippen LogP contribution in [-0.4, -0.2) is 64.4 Å². The second kappa shape index (κ2) is 17.0. The molecule has 11 rings (SSSR count). The first-order chi connectivity index (χ1) is 34.1. The second-order valence-electron chi connectivity index (χ2n) is 18.4. The van der Waals surface area contributed by atoms with Crippen LogP contribution in [0.25, 0.3) is 31.7 Å². The van der Waals surface area contributed by atoms with Crippen LogP contribution in [0.1, 0.15) is 47.7 Å². The summed E-state index contributed by atoms with van der Waals surface area (Å²) in [6, 6.07) is 24.3. The standard InChI is InChI=1S/C52H47ClN8O9S/c1-27-33-20-29(53)12-15-43(33)71-46(27)37-24-44(57(4)55-37)60-47(63)34-22-38-31(45(52(34,2)49(60)65)32-14-13-30(21-40(32)62)70-26-28-10-8-7-9-11-28)16-19-59-50(66)58(51(67)61(38)59)18-17-35-48(64)56(3)39-25-42(69-6)41(68-5)23-36(39)54-35/h7-16,20-21,23-25,34,38,45,62H,17-19,22,26H2,1-6H3. The number of halogens is 1. The number of thiophene rings is 1. The number of allylic oxidation sites excluding steroid dienone is 2. The van der Waals surface area contributed by atoms with Crippen LogP contribution in [-0.2, 0) is 49.8 Å². The Labute approximate surface area is 413 Å². The van der Waals surface area contributed by atoms with Gasteiger partial charge in [0.15, 0.2) is 11.5 Å². The van der Waals surface area contributed by atoms with Gasteiger partial charge < -0.3 is 23.9 Å². The third kappa shape index (κ3) is 7.05. The minimum Gasteiger partial charge on any atom is -0.508 e. The van der Waals surface area contributed by atoms with E-state index in [0.717, 1.165) is 30.7 Å². The van der Waals surface area contributed by atoms with E-state index in [9.17, 15) is 19.5 Å². The summed E-state index contributed by atoms with van der Waals surface area (Å²) in [6.45, 7) is 3.75. The number of aryl methyl sites for hydroxylation is 4. The van der Waals surface area contributed by atoms with Crippen LogP contribution in [0.3, 0.4) is 0 Å². The molecule has 362 valence electrons. The monoisotopic (exact) mass is 994 g/mol. The molecule has 4 aromatic heterocycles. The van der Waals surface area contributed by atoms with E-state index in [2.05, 4.69) is 4.98 Å². The highest BCUT2D eigenvalue weighted by Gasteiger charge is 2.66. The number of carbonyl (C=O) groups is 2. The van der Waals surface area contributed by atoms with E-state index in [0.29, 0.717) is 50.1 Å². The van der Waals surface area contributed by atoms with Crippen LogP contribution >= 0.6 is 22.9 Å². The molecular formula is C52H47ClN8O9S. The van der Waals surface area contributed by atoms with E-state index < -0.39 is 52.0 Å². The molecular weight excluding hydrogens is 948 g/mol. The lowest BCUT2D eigenvalue weighted by Gasteiger charge is -2.47. The van der Waals surface area contributed by atoms with E-state index in [-0.39, 0.29) is 49.8 Å². The number of amides is 2. The Morgan fingerprint density at radius 2 is 1.68 bits per heavy atom. The SMILES string of the molecule is COc1cc2nc(CCn3c(=O)n4n(c3=O)C3CC5C(=O)N(c6cc(-c7sc8ccc(Cl)cc8c7C)nn6C)C(=O)C5(C)C(c5ccc(OCc6ccccc6)cc5O)C3=CC4)c(=O)n(C)c2cc1OC. The summed E-state index contributed by atoms with van der Waals surface area (Å²) < 4.78 is 24.7. The van der Waals surface area contributed by atoms with E-state index in [4.69, 9.17) is 30.9 Å². The summed E-state index contributed by atoms with van der Waals surface area (Å²) in [5, 5.41) is 18.4. The zero-order valence-corrected chi connectivity index (χ0v) is 41.1. The average Bonchev–Trinajstić information content (AvgIpc) is 4.04. The maximum absolute atomic E-state index is 15.4. The average molecular weight is 996 g/mol. The number of carbonyl (C=O) groups excluding carboxylic acids is 2. The molecule has 4 unspecified atom stereocenters. The number of phenols is 1. The fraction of sp³-hybridized carbons (Fsp3) is 0.288. The molecule has 19 heteroatoms. The number of hydrogen-bond donors (Lipinski definition) is 1. The van der Waals surface area contributed by atoms with Crippen LogP contribution in [0, 0.1) is 18.3 Å². The molecule has 2 fully saturated rings. The van der Waals surface area contributed by atoms with Gasteiger partial charge in [0, 0.05) is 72.5 Å². The van der Waals surface area contributed by atoms with E-state index >= 15 is 9.59 Å². The van der Waals surface area contributed by atoms with Gasteiger partial charge in [0.25, 0.3) is 5.56 Å². The van der Waals surface area contributed by atoms with Crippen LogP contribution < -0.4 is 36.0 Å². The van der Waals surface area contributed by atoms with Crippen LogP contribution in [0.2, 0.25) is 5.02 Å². The van der Waals surface area contributed by atoms with Crippen molar-refractivity contribution in [2.24, 2.45) is 25.4 Å². The van der Waals surface area contributed by atoms with E-state index in [1.165, 1.54) is 55.1 Å². The third-order valence-electron chi connectivity index (χ3n) is 14.6. The van der Waals surface area contributed by atoms with Gasteiger partial charge in [-0.05, 0) is 66.6 Å². The van der Waals surface area contributed by atoms with Crippen molar-refractivity contribution in [2.45, 2.75) is 58.3 Å². The van der Waals surface area contributed by atoms with Gasteiger partial charge in [0.05, 0.1) is 54.0 Å². The molecule has 6 heterocycles. The van der Waals surface area contributed by atoms with Crippen LogP contribution in [0.15, 0.2) is 111 Å². The fourth-order valence-electron chi connectivity index (χ4n) is 11.0. The predicted octanol–water partition coefficient (Wildman–Crippen LogP) is 7.04. The number of ether oxygens (including phenoxy) is 3. The molecule has 2 amide bonds. The fourth-order valence-corrected chi connectivity index (χ4v) is 12.3. The van der Waals surface area contributed by atoms with Crippen molar-refractivity contribution in [1.82, 2.24) is 33.3 Å². The molecule has 3 aliphatic rings. The van der Waals surface area contributed by atoms with E-state index in [1.54, 1.807) is 51.4 Å². The molecule has 0 bridgehead atoms. The Hall–Kier alpha value is -7.70. The molecule has 1 N–H and O–H groups in total. The Balaban J connectivity index is 0.984. The molecule has 4 atom stereocenters. The number of imide groups is 1. The van der Waals surface area contributed by atoms with Crippen LogP contribution in [0.4, 0.5) is 5.82 Å². The lowest BCUT2D eigenvalue weighted by molar-refractivity contribution is -0.129. The molecule has 0 radical (unpaired) electrons. The van der Waals surface area contributed by atoms with Gasteiger partial charge in [0.1, 0.15) is 35.3 Å².